The number of methoxy groups -OCH3 is 1. The van der Waals surface area contributed by atoms with Gasteiger partial charge in [-0.2, -0.15) is 5.10 Å². The first-order valence-electron chi connectivity index (χ1n) is 11.9. The van der Waals surface area contributed by atoms with E-state index >= 15 is 0 Å². The lowest BCUT2D eigenvalue weighted by Crippen LogP contribution is -2.38. The molecule has 0 spiro atoms. The molecule has 1 fully saturated rings. The van der Waals surface area contributed by atoms with Crippen molar-refractivity contribution in [1.29, 1.82) is 0 Å². The minimum absolute atomic E-state index is 0.0546. The lowest BCUT2D eigenvalue weighted by atomic mass is 9.96. The molecule has 0 unspecified atom stereocenters. The average molecular weight is 480 g/mol. The molecule has 34 heavy (non-hydrogen) atoms. The molecule has 0 radical (unpaired) electrons. The zero-order chi connectivity index (χ0) is 23.9. The molecule has 7 nitrogen and oxygen atoms in total. The molecule has 2 aromatic carbocycles. The van der Waals surface area contributed by atoms with Gasteiger partial charge in [-0.25, -0.2) is 0 Å². The van der Waals surface area contributed by atoms with Crippen LogP contribution in [0.25, 0.3) is 11.4 Å². The number of carbonyl (C=O) groups excluding carboxylic acids is 1. The van der Waals surface area contributed by atoms with Crippen LogP contribution in [-0.4, -0.2) is 52.3 Å². The number of H-pyrrole nitrogens is 1. The second kappa shape index (κ2) is 11.4. The molecule has 180 valence electrons. The van der Waals surface area contributed by atoms with Crippen molar-refractivity contribution in [3.8, 4) is 17.1 Å². The zero-order valence-electron chi connectivity index (χ0n) is 19.9. The number of nitrogens with zero attached hydrogens (tertiary/aromatic N) is 3. The molecule has 0 aliphatic carbocycles. The lowest BCUT2D eigenvalue weighted by Gasteiger charge is -2.32. The predicted octanol–water partition coefficient (Wildman–Crippen LogP) is 4.34. The van der Waals surface area contributed by atoms with Gasteiger partial charge in [-0.1, -0.05) is 35.9 Å². The molecule has 0 saturated carbocycles. The molecule has 0 bridgehead atoms. The molecule has 1 saturated heterocycles. The Kier molecular flexibility index (Phi) is 8.13. The molecule has 2 heterocycles. The highest BCUT2D eigenvalue weighted by molar-refractivity contribution is 7.71. The van der Waals surface area contributed by atoms with Crippen molar-refractivity contribution in [2.75, 3.05) is 26.7 Å². The van der Waals surface area contributed by atoms with Gasteiger partial charge in [0.1, 0.15) is 5.75 Å². The monoisotopic (exact) mass is 479 g/mol. The molecule has 1 amide bonds. The minimum Gasteiger partial charge on any atom is -0.497 e. The van der Waals surface area contributed by atoms with Crippen LogP contribution in [0.4, 0.5) is 0 Å². The maximum Gasteiger partial charge on any atom is 0.221 e. The Morgan fingerprint density at radius 3 is 2.68 bits per heavy atom. The molecular weight excluding hydrogens is 446 g/mol. The maximum absolute atomic E-state index is 12.5. The third-order valence-corrected chi connectivity index (χ3v) is 6.77. The summed E-state index contributed by atoms with van der Waals surface area (Å²) in [5.41, 5.74) is 3.45. The highest BCUT2D eigenvalue weighted by atomic mass is 32.1. The van der Waals surface area contributed by atoms with E-state index in [1.807, 2.05) is 41.8 Å². The molecule has 2 N–H and O–H groups in total. The third-order valence-electron chi connectivity index (χ3n) is 6.46. The number of likely N-dealkylation sites (tertiary alicyclic amines) is 1. The standard InChI is InChI=1S/C26H33N5O2S/c1-19-4-3-5-22(16-19)25-28-29-26(34)31(25)15-12-24(32)27-17-20-10-13-30(14-11-20)18-21-6-8-23(33-2)9-7-21/h3-9,16,20H,10-15,17-18H2,1-2H3,(H,27,32)(H,29,34). The summed E-state index contributed by atoms with van der Waals surface area (Å²) >= 11 is 5.40. The molecule has 1 aliphatic rings. The van der Waals surface area contributed by atoms with E-state index in [1.54, 1.807) is 7.11 Å². The van der Waals surface area contributed by atoms with E-state index in [0.717, 1.165) is 61.7 Å². The normalized spacial score (nSPS) is 14.8. The number of hydrogen-bond acceptors (Lipinski definition) is 5. The van der Waals surface area contributed by atoms with Gasteiger partial charge in [0.25, 0.3) is 0 Å². The fourth-order valence-corrected chi connectivity index (χ4v) is 4.65. The highest BCUT2D eigenvalue weighted by Crippen LogP contribution is 2.21. The van der Waals surface area contributed by atoms with Crippen molar-refractivity contribution in [1.82, 2.24) is 25.0 Å². The number of piperidine rings is 1. The van der Waals surface area contributed by atoms with Gasteiger partial charge in [0, 0.05) is 31.6 Å². The Balaban J connectivity index is 1.20. The first-order valence-corrected chi connectivity index (χ1v) is 12.3. The molecular formula is C26H33N5O2S. The van der Waals surface area contributed by atoms with Gasteiger partial charge in [-0.05, 0) is 74.8 Å². The smallest absolute Gasteiger partial charge is 0.221 e. The number of hydrogen-bond donors (Lipinski definition) is 2. The van der Waals surface area contributed by atoms with Crippen LogP contribution in [0.15, 0.2) is 48.5 Å². The SMILES string of the molecule is COc1ccc(CN2CCC(CNC(=O)CCn3c(-c4cccc(C)c4)n[nH]c3=S)CC2)cc1. The number of rotatable bonds is 9. The summed E-state index contributed by atoms with van der Waals surface area (Å²) in [6, 6.07) is 16.4. The van der Waals surface area contributed by atoms with Crippen LogP contribution in [-0.2, 0) is 17.9 Å². The molecule has 3 aromatic rings. The van der Waals surface area contributed by atoms with Gasteiger partial charge in [0.15, 0.2) is 10.6 Å². The first-order chi connectivity index (χ1) is 16.5. The van der Waals surface area contributed by atoms with Crippen LogP contribution < -0.4 is 10.1 Å². The van der Waals surface area contributed by atoms with E-state index < -0.39 is 0 Å². The van der Waals surface area contributed by atoms with Crippen molar-refractivity contribution in [2.45, 2.75) is 39.3 Å². The van der Waals surface area contributed by atoms with Crippen LogP contribution in [0.5, 0.6) is 5.75 Å². The van der Waals surface area contributed by atoms with Gasteiger partial charge in [-0.15, -0.1) is 0 Å². The van der Waals surface area contributed by atoms with Crippen LogP contribution in [0.3, 0.4) is 0 Å². The summed E-state index contributed by atoms with van der Waals surface area (Å²) in [5.74, 6) is 2.24. The molecule has 1 aromatic heterocycles. The van der Waals surface area contributed by atoms with E-state index in [0.29, 0.717) is 23.7 Å². The number of aromatic amines is 1. The van der Waals surface area contributed by atoms with Crippen molar-refractivity contribution < 1.29 is 9.53 Å². The number of benzene rings is 2. The van der Waals surface area contributed by atoms with Crippen molar-refractivity contribution in [3.05, 3.63) is 64.4 Å². The van der Waals surface area contributed by atoms with E-state index in [1.165, 1.54) is 5.56 Å². The highest BCUT2D eigenvalue weighted by Gasteiger charge is 2.20. The fraction of sp³-hybridized carbons (Fsp3) is 0.423. The molecule has 8 heteroatoms. The first kappa shape index (κ1) is 24.2. The molecule has 1 aliphatic heterocycles. The Morgan fingerprint density at radius 2 is 1.97 bits per heavy atom. The minimum atomic E-state index is 0.0546. The second-order valence-corrected chi connectivity index (χ2v) is 9.38. The summed E-state index contributed by atoms with van der Waals surface area (Å²) in [5, 5.41) is 10.4. The fourth-order valence-electron chi connectivity index (χ4n) is 4.43. The summed E-state index contributed by atoms with van der Waals surface area (Å²) in [6.07, 6.45) is 2.57. The van der Waals surface area contributed by atoms with Gasteiger partial charge in [-0.3, -0.25) is 19.4 Å². The Bertz CT molecular complexity index is 1150. The Morgan fingerprint density at radius 1 is 1.21 bits per heavy atom. The van der Waals surface area contributed by atoms with Crippen molar-refractivity contribution in [2.24, 2.45) is 5.92 Å². The van der Waals surface area contributed by atoms with E-state index in [-0.39, 0.29) is 5.91 Å². The summed E-state index contributed by atoms with van der Waals surface area (Å²) in [6.45, 7) is 6.35. The van der Waals surface area contributed by atoms with Crippen molar-refractivity contribution >= 4 is 18.1 Å². The largest absolute Gasteiger partial charge is 0.497 e. The summed E-state index contributed by atoms with van der Waals surface area (Å²) < 4.78 is 7.67. The van der Waals surface area contributed by atoms with Crippen LogP contribution in [0.2, 0.25) is 0 Å². The quantitative estimate of drug-likeness (QED) is 0.447. The van der Waals surface area contributed by atoms with Gasteiger partial charge in [0.2, 0.25) is 5.91 Å². The van der Waals surface area contributed by atoms with Gasteiger partial charge >= 0.3 is 0 Å². The zero-order valence-corrected chi connectivity index (χ0v) is 20.7. The Hall–Kier alpha value is -2.97. The van der Waals surface area contributed by atoms with E-state index in [9.17, 15) is 4.79 Å². The number of ether oxygens (including phenoxy) is 1. The maximum atomic E-state index is 12.5. The summed E-state index contributed by atoms with van der Waals surface area (Å²) in [4.78, 5) is 15.0. The number of carbonyl (C=O) groups is 1. The van der Waals surface area contributed by atoms with Crippen LogP contribution in [0, 0.1) is 17.6 Å². The molecule has 4 rings (SSSR count). The van der Waals surface area contributed by atoms with Gasteiger partial charge < -0.3 is 10.1 Å². The van der Waals surface area contributed by atoms with Gasteiger partial charge in [0.05, 0.1) is 7.11 Å². The molecule has 0 atom stereocenters. The second-order valence-electron chi connectivity index (χ2n) is 9.00. The van der Waals surface area contributed by atoms with Crippen molar-refractivity contribution in [3.63, 3.8) is 0 Å². The van der Waals surface area contributed by atoms with E-state index in [2.05, 4.69) is 38.6 Å². The number of aryl methyl sites for hydroxylation is 1. The number of nitrogens with one attached hydrogen (secondary N) is 2. The number of aromatic nitrogens is 3. The van der Waals surface area contributed by atoms with E-state index in [4.69, 9.17) is 17.0 Å². The van der Waals surface area contributed by atoms with Crippen LogP contribution >= 0.6 is 12.2 Å². The number of amides is 1. The summed E-state index contributed by atoms with van der Waals surface area (Å²) in [7, 11) is 1.69. The third kappa shape index (κ3) is 6.33. The predicted molar refractivity (Wildman–Crippen MR) is 136 cm³/mol. The average Bonchev–Trinajstić information content (AvgIpc) is 3.23. The lowest BCUT2D eigenvalue weighted by molar-refractivity contribution is -0.121. The topological polar surface area (TPSA) is 75.2 Å². The van der Waals surface area contributed by atoms with Crippen LogP contribution in [0.1, 0.15) is 30.4 Å². The Labute approximate surface area is 206 Å².